The Hall–Kier alpha value is 0.137. The minimum atomic E-state index is -0.883. The summed E-state index contributed by atoms with van der Waals surface area (Å²) in [4.78, 5) is 0. The van der Waals surface area contributed by atoms with Crippen LogP contribution >= 0.6 is 0 Å². The first kappa shape index (κ1) is 11.1. The molecule has 0 aromatic carbocycles. The van der Waals surface area contributed by atoms with E-state index in [1.165, 1.54) is 6.42 Å². The van der Waals surface area contributed by atoms with Gasteiger partial charge in [-0.2, -0.15) is 0 Å². The number of nitrogens with two attached hydrogens (primary N) is 1. The summed E-state index contributed by atoms with van der Waals surface area (Å²) in [7, 11) is -0.883. The maximum Gasteiger partial charge on any atom is 0.176 e. The molecule has 2 nitrogen and oxygen atoms in total. The van der Waals surface area contributed by atoms with Crippen molar-refractivity contribution in [1.29, 1.82) is 0 Å². The summed E-state index contributed by atoms with van der Waals surface area (Å²) in [6, 6.07) is 0. The van der Waals surface area contributed by atoms with Gasteiger partial charge in [-0.3, -0.25) is 0 Å². The van der Waals surface area contributed by atoms with E-state index in [0.29, 0.717) is 0 Å². The molecule has 0 radical (unpaired) electrons. The Labute approximate surface area is 71.8 Å². The van der Waals surface area contributed by atoms with Crippen LogP contribution in [0.2, 0.25) is 12.1 Å². The van der Waals surface area contributed by atoms with Crippen molar-refractivity contribution in [3.05, 3.63) is 0 Å². The largest absolute Gasteiger partial charge is 0.420 e. The molecule has 2 N–H and O–H groups in total. The van der Waals surface area contributed by atoms with Gasteiger partial charge in [-0.15, -0.1) is 0 Å². The summed E-state index contributed by atoms with van der Waals surface area (Å²) < 4.78 is 5.60. The molecule has 0 saturated heterocycles. The first-order chi connectivity index (χ1) is 5.22. The second-order valence-electron chi connectivity index (χ2n) is 3.07. The third kappa shape index (κ3) is 5.41. The van der Waals surface area contributed by atoms with Crippen molar-refractivity contribution in [1.82, 2.24) is 0 Å². The molecule has 3 heteroatoms. The maximum absolute atomic E-state index is 5.60. The van der Waals surface area contributed by atoms with Gasteiger partial charge in [0, 0.05) is 6.61 Å². The van der Waals surface area contributed by atoms with Gasteiger partial charge in [0.1, 0.15) is 0 Å². The van der Waals surface area contributed by atoms with Gasteiger partial charge >= 0.3 is 0 Å². The van der Waals surface area contributed by atoms with E-state index < -0.39 is 9.04 Å². The highest BCUT2D eigenvalue weighted by Crippen LogP contribution is 2.16. The van der Waals surface area contributed by atoms with E-state index in [1.54, 1.807) is 0 Å². The first-order valence-corrected chi connectivity index (χ1v) is 6.83. The van der Waals surface area contributed by atoms with E-state index in [0.717, 1.165) is 25.1 Å². The van der Waals surface area contributed by atoms with E-state index >= 15 is 0 Å². The van der Waals surface area contributed by atoms with E-state index in [-0.39, 0.29) is 0 Å². The lowest BCUT2D eigenvalue weighted by Gasteiger charge is -2.17. The Kier molecular flexibility index (Phi) is 6.91. The van der Waals surface area contributed by atoms with Crippen molar-refractivity contribution >= 4 is 9.04 Å². The molecule has 0 aliphatic rings. The summed E-state index contributed by atoms with van der Waals surface area (Å²) in [5, 5.41) is 0. The second-order valence-corrected chi connectivity index (χ2v) is 5.95. The van der Waals surface area contributed by atoms with Crippen LogP contribution in [0.4, 0.5) is 0 Å². The molecule has 0 amide bonds. The Morgan fingerprint density at radius 3 is 2.64 bits per heavy atom. The van der Waals surface area contributed by atoms with Gasteiger partial charge in [-0.1, -0.05) is 13.3 Å². The second kappa shape index (κ2) is 6.82. The van der Waals surface area contributed by atoms with Crippen LogP contribution < -0.4 is 5.73 Å². The average molecular weight is 175 g/mol. The van der Waals surface area contributed by atoms with Crippen molar-refractivity contribution in [3.8, 4) is 0 Å². The Bertz CT molecular complexity index is 90.2. The van der Waals surface area contributed by atoms with Crippen LogP contribution in [0, 0.1) is 0 Å². The molecule has 0 bridgehead atoms. The molecular weight excluding hydrogens is 154 g/mol. The van der Waals surface area contributed by atoms with E-state index in [9.17, 15) is 0 Å². The fraction of sp³-hybridized carbons (Fsp3) is 1.00. The molecule has 11 heavy (non-hydrogen) atoms. The molecule has 2 unspecified atom stereocenters. The smallest absolute Gasteiger partial charge is 0.176 e. The van der Waals surface area contributed by atoms with E-state index in [2.05, 4.69) is 20.4 Å². The molecule has 68 valence electrons. The Morgan fingerprint density at radius 1 is 1.55 bits per heavy atom. The summed E-state index contributed by atoms with van der Waals surface area (Å²) >= 11 is 0. The van der Waals surface area contributed by atoms with E-state index in [4.69, 9.17) is 10.2 Å². The summed E-state index contributed by atoms with van der Waals surface area (Å²) in [5.41, 5.74) is 6.20. The number of hydrogen-bond acceptors (Lipinski definition) is 2. The van der Waals surface area contributed by atoms with E-state index in [1.807, 2.05) is 0 Å². The molecule has 0 fully saturated rings. The number of hydrogen-bond donors (Lipinski definition) is 1. The molecule has 0 aromatic heterocycles. The topological polar surface area (TPSA) is 35.2 Å². The highest BCUT2D eigenvalue weighted by Gasteiger charge is 2.12. The van der Waals surface area contributed by atoms with Crippen LogP contribution in [-0.2, 0) is 4.43 Å². The zero-order valence-electron chi connectivity index (χ0n) is 7.97. The van der Waals surface area contributed by atoms with Crippen LogP contribution in [0.3, 0.4) is 0 Å². The SMILES string of the molecule is CCO[SiH](C)C(C)CCCN. The predicted molar refractivity (Wildman–Crippen MR) is 52.4 cm³/mol. The molecule has 0 aromatic rings. The molecular formula is C8H21NOSi. The van der Waals surface area contributed by atoms with Crippen molar-refractivity contribution in [2.45, 2.75) is 38.8 Å². The lowest BCUT2D eigenvalue weighted by atomic mass is 10.2. The Balaban J connectivity index is 3.38. The molecule has 0 aliphatic heterocycles. The molecule has 0 aliphatic carbocycles. The van der Waals surface area contributed by atoms with Gasteiger partial charge in [-0.05, 0) is 32.0 Å². The fourth-order valence-corrected chi connectivity index (χ4v) is 2.66. The minimum Gasteiger partial charge on any atom is -0.420 e. The summed E-state index contributed by atoms with van der Waals surface area (Å²) in [6.07, 6.45) is 2.38. The highest BCUT2D eigenvalue weighted by molar-refractivity contribution is 6.51. The van der Waals surface area contributed by atoms with Crippen LogP contribution in [0.25, 0.3) is 0 Å². The third-order valence-corrected chi connectivity index (χ3v) is 4.89. The monoisotopic (exact) mass is 175 g/mol. The lowest BCUT2D eigenvalue weighted by Crippen LogP contribution is -2.19. The van der Waals surface area contributed by atoms with Crippen LogP contribution in [0.5, 0.6) is 0 Å². The molecule has 2 atom stereocenters. The van der Waals surface area contributed by atoms with Gasteiger partial charge in [0.2, 0.25) is 0 Å². The standard InChI is InChI=1S/C8H21NOSi/c1-4-10-11(3)8(2)6-5-7-9/h8,11H,4-7,9H2,1-3H3. The molecule has 0 rings (SSSR count). The van der Waals surface area contributed by atoms with Crippen LogP contribution in [0.15, 0.2) is 0 Å². The van der Waals surface area contributed by atoms with Gasteiger partial charge in [0.15, 0.2) is 9.04 Å². The predicted octanol–water partition coefficient (Wildman–Crippen LogP) is 1.51. The zero-order chi connectivity index (χ0) is 8.69. The van der Waals surface area contributed by atoms with Crippen molar-refractivity contribution in [3.63, 3.8) is 0 Å². The lowest BCUT2D eigenvalue weighted by molar-refractivity contribution is 0.336. The number of rotatable bonds is 6. The molecule has 0 heterocycles. The van der Waals surface area contributed by atoms with Gasteiger partial charge in [-0.25, -0.2) is 0 Å². The normalized spacial score (nSPS) is 16.4. The average Bonchev–Trinajstić information content (AvgIpc) is 2.00. The maximum atomic E-state index is 5.60. The minimum absolute atomic E-state index is 0.776. The summed E-state index contributed by atoms with van der Waals surface area (Å²) in [5.74, 6) is 0. The van der Waals surface area contributed by atoms with Gasteiger partial charge < -0.3 is 10.2 Å². The zero-order valence-corrected chi connectivity index (χ0v) is 9.12. The van der Waals surface area contributed by atoms with Gasteiger partial charge in [0.25, 0.3) is 0 Å². The van der Waals surface area contributed by atoms with Crippen molar-refractivity contribution in [2.24, 2.45) is 5.73 Å². The highest BCUT2D eigenvalue weighted by atomic mass is 28.3. The van der Waals surface area contributed by atoms with Crippen molar-refractivity contribution < 1.29 is 4.43 Å². The van der Waals surface area contributed by atoms with Crippen LogP contribution in [-0.4, -0.2) is 22.2 Å². The molecule has 0 spiro atoms. The Morgan fingerprint density at radius 2 is 2.18 bits per heavy atom. The first-order valence-electron chi connectivity index (χ1n) is 4.54. The fourth-order valence-electron chi connectivity index (χ4n) is 1.10. The quantitative estimate of drug-likeness (QED) is 0.621. The summed E-state index contributed by atoms with van der Waals surface area (Å²) in [6.45, 7) is 8.31. The van der Waals surface area contributed by atoms with Crippen LogP contribution in [0.1, 0.15) is 26.7 Å². The van der Waals surface area contributed by atoms with Crippen molar-refractivity contribution in [2.75, 3.05) is 13.2 Å². The molecule has 0 saturated carbocycles. The third-order valence-electron chi connectivity index (χ3n) is 2.09. The van der Waals surface area contributed by atoms with Gasteiger partial charge in [0.05, 0.1) is 0 Å².